The van der Waals surface area contributed by atoms with Crippen LogP contribution < -0.4 is 9.47 Å². The summed E-state index contributed by atoms with van der Waals surface area (Å²) in [5.74, 6) is -1.08. The van der Waals surface area contributed by atoms with Crippen LogP contribution in [0.5, 0.6) is 17.2 Å². The number of aliphatic hydroxyl groups excluding tert-OH is 1. The Labute approximate surface area is 238 Å². The van der Waals surface area contributed by atoms with Gasteiger partial charge in [-0.05, 0) is 72.5 Å². The molecule has 1 aliphatic heterocycles. The Kier molecular flexibility index (Phi) is 8.01. The minimum Gasteiger partial charge on any atom is -0.507 e. The summed E-state index contributed by atoms with van der Waals surface area (Å²) in [6.07, 6.45) is 3.25. The van der Waals surface area contributed by atoms with Crippen molar-refractivity contribution in [1.29, 1.82) is 0 Å². The fourth-order valence-corrected chi connectivity index (χ4v) is 4.93. The number of hydrogen-bond donors (Lipinski definition) is 2. The van der Waals surface area contributed by atoms with Crippen LogP contribution in [0.1, 0.15) is 40.8 Å². The van der Waals surface area contributed by atoms with Crippen molar-refractivity contribution in [2.24, 2.45) is 0 Å². The number of ketones is 1. The van der Waals surface area contributed by atoms with Crippen LogP contribution >= 0.6 is 0 Å². The molecule has 1 fully saturated rings. The van der Waals surface area contributed by atoms with E-state index in [-0.39, 0.29) is 29.4 Å². The fraction of sp³-hybridized carbons (Fsp3) is 0.182. The first-order valence-electron chi connectivity index (χ1n) is 13.3. The number of pyridine rings is 1. The molecule has 0 saturated carbocycles. The van der Waals surface area contributed by atoms with Gasteiger partial charge in [0.1, 0.15) is 18.1 Å². The molecule has 2 N–H and O–H groups in total. The number of amides is 1. The minimum absolute atomic E-state index is 0.0481. The number of carbonyl (C=O) groups is 2. The van der Waals surface area contributed by atoms with Crippen molar-refractivity contribution in [3.63, 3.8) is 0 Å². The summed E-state index contributed by atoms with van der Waals surface area (Å²) in [4.78, 5) is 32.4. The van der Waals surface area contributed by atoms with Crippen LogP contribution in [0.2, 0.25) is 0 Å². The van der Waals surface area contributed by atoms with Gasteiger partial charge in [0.05, 0.1) is 18.2 Å². The molecule has 1 amide bonds. The van der Waals surface area contributed by atoms with Crippen LogP contribution in [0, 0.1) is 6.92 Å². The standard InChI is InChI=1S/C33H30N2O6/c1-3-40-28-17-24(11-14-27(28)36)30-29(32(38)33(39)35(30)19-23-10-7-15-34-18-23)31(37)26-13-12-25(16-21(26)2)41-20-22-8-5-4-6-9-22/h4-18,30,36-37H,3,19-20H2,1-2H3/t30-/m0/s1. The number of nitrogens with zero attached hydrogens (tertiary/aromatic N) is 2. The number of aromatic nitrogens is 1. The van der Waals surface area contributed by atoms with E-state index < -0.39 is 17.7 Å². The lowest BCUT2D eigenvalue weighted by Gasteiger charge is -2.26. The molecule has 0 spiro atoms. The second kappa shape index (κ2) is 12.0. The molecule has 1 aliphatic rings. The third-order valence-corrected chi connectivity index (χ3v) is 6.92. The van der Waals surface area contributed by atoms with E-state index in [2.05, 4.69) is 4.98 Å². The second-order valence-corrected chi connectivity index (χ2v) is 9.70. The zero-order valence-corrected chi connectivity index (χ0v) is 22.8. The Balaban J connectivity index is 1.55. The van der Waals surface area contributed by atoms with E-state index in [1.165, 1.54) is 11.0 Å². The Hall–Kier alpha value is -5.11. The van der Waals surface area contributed by atoms with Crippen LogP contribution in [-0.2, 0) is 22.7 Å². The van der Waals surface area contributed by atoms with E-state index in [1.54, 1.807) is 62.6 Å². The third kappa shape index (κ3) is 5.77. The SMILES string of the molecule is CCOc1cc([C@H]2C(=C(O)c3ccc(OCc4ccccc4)cc3C)C(=O)C(=O)N2Cc2cccnc2)ccc1O. The number of Topliss-reactive ketones (excluding diaryl/α,β-unsaturated/α-hetero) is 1. The third-order valence-electron chi connectivity index (χ3n) is 6.92. The number of aliphatic hydroxyl groups is 1. The summed E-state index contributed by atoms with van der Waals surface area (Å²) in [5, 5.41) is 21.9. The molecule has 2 heterocycles. The summed E-state index contributed by atoms with van der Waals surface area (Å²) < 4.78 is 11.5. The molecule has 0 aliphatic carbocycles. The van der Waals surface area contributed by atoms with Crippen LogP contribution in [0.15, 0.2) is 96.8 Å². The Bertz CT molecular complexity index is 1600. The van der Waals surface area contributed by atoms with Crippen molar-refractivity contribution in [2.75, 3.05) is 6.61 Å². The molecule has 8 heteroatoms. The molecule has 8 nitrogen and oxygen atoms in total. The highest BCUT2D eigenvalue weighted by Crippen LogP contribution is 2.43. The van der Waals surface area contributed by atoms with Gasteiger partial charge < -0.3 is 24.6 Å². The lowest BCUT2D eigenvalue weighted by molar-refractivity contribution is -0.140. The summed E-state index contributed by atoms with van der Waals surface area (Å²) in [5.41, 5.74) is 3.28. The van der Waals surface area contributed by atoms with Gasteiger partial charge in [0.15, 0.2) is 11.5 Å². The summed E-state index contributed by atoms with van der Waals surface area (Å²) >= 11 is 0. The van der Waals surface area contributed by atoms with E-state index in [0.29, 0.717) is 35.7 Å². The van der Waals surface area contributed by atoms with Crippen molar-refractivity contribution in [2.45, 2.75) is 33.0 Å². The van der Waals surface area contributed by atoms with Gasteiger partial charge in [-0.15, -0.1) is 0 Å². The van der Waals surface area contributed by atoms with Crippen molar-refractivity contribution >= 4 is 17.4 Å². The predicted molar refractivity (Wildman–Crippen MR) is 153 cm³/mol. The maximum absolute atomic E-state index is 13.5. The normalized spacial score (nSPS) is 16.1. The number of aryl methyl sites for hydroxylation is 1. The number of phenolic OH excluding ortho intramolecular Hbond substituents is 1. The molecule has 4 aromatic rings. The fourth-order valence-electron chi connectivity index (χ4n) is 4.93. The van der Waals surface area contributed by atoms with E-state index >= 15 is 0 Å². The zero-order valence-electron chi connectivity index (χ0n) is 22.8. The van der Waals surface area contributed by atoms with Crippen LogP contribution in [0.3, 0.4) is 0 Å². The number of likely N-dealkylation sites (tertiary alicyclic amines) is 1. The van der Waals surface area contributed by atoms with Crippen LogP contribution in [0.25, 0.3) is 5.76 Å². The maximum atomic E-state index is 13.5. The molecule has 1 saturated heterocycles. The molecule has 0 radical (unpaired) electrons. The Morgan fingerprint density at radius 3 is 2.44 bits per heavy atom. The highest BCUT2D eigenvalue weighted by Gasteiger charge is 2.46. The van der Waals surface area contributed by atoms with Gasteiger partial charge in [-0.1, -0.05) is 42.5 Å². The number of benzene rings is 3. The molecule has 41 heavy (non-hydrogen) atoms. The van der Waals surface area contributed by atoms with E-state index in [1.807, 2.05) is 36.4 Å². The van der Waals surface area contributed by atoms with Gasteiger partial charge in [-0.2, -0.15) is 0 Å². The highest BCUT2D eigenvalue weighted by atomic mass is 16.5. The predicted octanol–water partition coefficient (Wildman–Crippen LogP) is 5.70. The van der Waals surface area contributed by atoms with Gasteiger partial charge in [0.2, 0.25) is 0 Å². The molecule has 1 atom stereocenters. The molecule has 5 rings (SSSR count). The maximum Gasteiger partial charge on any atom is 0.295 e. The number of hydrogen-bond acceptors (Lipinski definition) is 7. The molecule has 0 unspecified atom stereocenters. The van der Waals surface area contributed by atoms with Crippen molar-refractivity contribution in [3.05, 3.63) is 125 Å². The van der Waals surface area contributed by atoms with Crippen molar-refractivity contribution < 1.29 is 29.3 Å². The largest absolute Gasteiger partial charge is 0.507 e. The molecular formula is C33H30N2O6. The lowest BCUT2D eigenvalue weighted by atomic mass is 9.93. The van der Waals surface area contributed by atoms with Crippen molar-refractivity contribution in [3.8, 4) is 17.2 Å². The molecular weight excluding hydrogens is 520 g/mol. The van der Waals surface area contributed by atoms with Crippen molar-refractivity contribution in [1.82, 2.24) is 9.88 Å². The molecule has 1 aromatic heterocycles. The number of ether oxygens (including phenoxy) is 2. The first-order valence-corrected chi connectivity index (χ1v) is 13.3. The van der Waals surface area contributed by atoms with Gasteiger partial charge >= 0.3 is 0 Å². The summed E-state index contributed by atoms with van der Waals surface area (Å²) in [6.45, 7) is 4.38. The minimum atomic E-state index is -0.927. The van der Waals surface area contributed by atoms with E-state index in [0.717, 1.165) is 11.1 Å². The van der Waals surface area contributed by atoms with E-state index in [9.17, 15) is 19.8 Å². The Morgan fingerprint density at radius 2 is 1.73 bits per heavy atom. The molecule has 0 bridgehead atoms. The van der Waals surface area contributed by atoms with Crippen LogP contribution in [-0.4, -0.2) is 38.4 Å². The van der Waals surface area contributed by atoms with E-state index in [4.69, 9.17) is 9.47 Å². The summed E-state index contributed by atoms with van der Waals surface area (Å²) in [7, 11) is 0. The van der Waals surface area contributed by atoms with Gasteiger partial charge in [0.25, 0.3) is 11.7 Å². The van der Waals surface area contributed by atoms with Gasteiger partial charge in [-0.25, -0.2) is 0 Å². The number of phenols is 1. The molecule has 208 valence electrons. The topological polar surface area (TPSA) is 109 Å². The first-order chi connectivity index (χ1) is 19.9. The Morgan fingerprint density at radius 1 is 0.951 bits per heavy atom. The highest BCUT2D eigenvalue weighted by molar-refractivity contribution is 6.46. The van der Waals surface area contributed by atoms with Gasteiger partial charge in [-0.3, -0.25) is 14.6 Å². The smallest absolute Gasteiger partial charge is 0.295 e. The zero-order chi connectivity index (χ0) is 28.9. The quantitative estimate of drug-likeness (QED) is 0.156. The summed E-state index contributed by atoms with van der Waals surface area (Å²) in [6, 6.07) is 22.2. The lowest BCUT2D eigenvalue weighted by Crippen LogP contribution is -2.29. The molecule has 3 aromatic carbocycles. The average Bonchev–Trinajstić information content (AvgIpc) is 3.23. The average molecular weight is 551 g/mol. The van der Waals surface area contributed by atoms with Gasteiger partial charge in [0, 0.05) is 24.5 Å². The number of rotatable bonds is 9. The van der Waals surface area contributed by atoms with Crippen LogP contribution in [0.4, 0.5) is 0 Å². The second-order valence-electron chi connectivity index (χ2n) is 9.70. The number of carbonyl (C=O) groups excluding carboxylic acids is 2. The number of aromatic hydroxyl groups is 1. The first kappa shape index (κ1) is 27.5. The monoisotopic (exact) mass is 550 g/mol.